The molecule has 1 aromatic rings. The molecule has 0 spiro atoms. The fraction of sp³-hybridized carbons (Fsp3) is 0.500. The summed E-state index contributed by atoms with van der Waals surface area (Å²) < 4.78 is 1.25. The van der Waals surface area contributed by atoms with Crippen molar-refractivity contribution in [3.63, 3.8) is 0 Å². The number of rotatable bonds is 4. The van der Waals surface area contributed by atoms with E-state index >= 15 is 0 Å². The van der Waals surface area contributed by atoms with Gasteiger partial charge in [0.25, 0.3) is 0 Å². The number of halogens is 1. The van der Waals surface area contributed by atoms with Crippen LogP contribution in [-0.2, 0) is 6.42 Å². The van der Waals surface area contributed by atoms with Crippen molar-refractivity contribution < 1.29 is 0 Å². The molecule has 0 amide bonds. The van der Waals surface area contributed by atoms with Crippen LogP contribution in [0.3, 0.4) is 0 Å². The van der Waals surface area contributed by atoms with Gasteiger partial charge in [-0.3, -0.25) is 0 Å². The van der Waals surface area contributed by atoms with Gasteiger partial charge in [0.15, 0.2) is 0 Å². The van der Waals surface area contributed by atoms with E-state index in [0.29, 0.717) is 0 Å². The van der Waals surface area contributed by atoms with Crippen LogP contribution in [0, 0.1) is 3.57 Å². The molecule has 0 aliphatic carbocycles. The molecule has 1 aromatic carbocycles. The van der Waals surface area contributed by atoms with E-state index in [1.165, 1.54) is 9.13 Å². The lowest BCUT2D eigenvalue weighted by atomic mass is 9.88. The Kier molecular flexibility index (Phi) is 4.55. The fourth-order valence-corrected chi connectivity index (χ4v) is 2.24. The van der Waals surface area contributed by atoms with E-state index in [1.807, 2.05) is 6.92 Å². The van der Waals surface area contributed by atoms with Crippen molar-refractivity contribution in [1.29, 1.82) is 0 Å². The van der Waals surface area contributed by atoms with E-state index in [0.717, 1.165) is 12.8 Å². The van der Waals surface area contributed by atoms with Crippen molar-refractivity contribution in [3.05, 3.63) is 33.4 Å². The Morgan fingerprint density at radius 2 is 1.87 bits per heavy atom. The number of hydrogen-bond donors (Lipinski definition) is 2. The average Bonchev–Trinajstić information content (AvgIpc) is 2.06. The largest absolute Gasteiger partial charge is 0.328 e. The highest BCUT2D eigenvalue weighted by atomic mass is 127. The topological polar surface area (TPSA) is 52.0 Å². The normalized spacial score (nSPS) is 17.1. The smallest absolute Gasteiger partial charge is 0.0181 e. The van der Waals surface area contributed by atoms with Gasteiger partial charge in [-0.15, -0.1) is 0 Å². The minimum Gasteiger partial charge on any atom is -0.328 e. The summed E-state index contributed by atoms with van der Waals surface area (Å²) >= 11 is 2.30. The van der Waals surface area contributed by atoms with E-state index in [4.69, 9.17) is 11.5 Å². The summed E-state index contributed by atoms with van der Waals surface area (Å²) in [4.78, 5) is 0. The van der Waals surface area contributed by atoms with E-state index in [-0.39, 0.29) is 11.6 Å². The minimum atomic E-state index is -0.207. The van der Waals surface area contributed by atoms with Gasteiger partial charge in [-0.1, -0.05) is 12.1 Å². The predicted octanol–water partition coefficient (Wildman–Crippen LogP) is 2.29. The summed E-state index contributed by atoms with van der Waals surface area (Å²) in [5.74, 6) is 0. The van der Waals surface area contributed by atoms with Crippen LogP contribution in [0.15, 0.2) is 24.3 Å². The molecule has 1 rings (SSSR count). The van der Waals surface area contributed by atoms with Crippen LogP contribution in [0.4, 0.5) is 0 Å². The first-order valence-corrected chi connectivity index (χ1v) is 6.26. The summed E-state index contributed by atoms with van der Waals surface area (Å²) in [6, 6.07) is 8.64. The Bertz CT molecular complexity index is 304. The average molecular weight is 318 g/mol. The molecule has 2 atom stereocenters. The quantitative estimate of drug-likeness (QED) is 0.837. The van der Waals surface area contributed by atoms with Crippen molar-refractivity contribution >= 4 is 22.6 Å². The van der Waals surface area contributed by atoms with E-state index in [9.17, 15) is 0 Å². The maximum atomic E-state index is 6.21. The standard InChI is InChI=1S/C12H19IN2/c1-9(14)7-12(2,15)8-10-3-5-11(13)6-4-10/h3-6,9H,7-8,14-15H2,1-2H3/t9-,12?/m1/s1. The van der Waals surface area contributed by atoms with Gasteiger partial charge in [-0.25, -0.2) is 0 Å². The van der Waals surface area contributed by atoms with Crippen LogP contribution in [0.5, 0.6) is 0 Å². The summed E-state index contributed by atoms with van der Waals surface area (Å²) in [5, 5.41) is 0. The molecule has 4 N–H and O–H groups in total. The van der Waals surface area contributed by atoms with Crippen LogP contribution in [0.25, 0.3) is 0 Å². The maximum absolute atomic E-state index is 6.21. The van der Waals surface area contributed by atoms with Gasteiger partial charge in [-0.05, 0) is 67.0 Å². The highest BCUT2D eigenvalue weighted by molar-refractivity contribution is 14.1. The zero-order valence-corrected chi connectivity index (χ0v) is 11.5. The molecule has 0 aromatic heterocycles. The Morgan fingerprint density at radius 1 is 1.33 bits per heavy atom. The first-order chi connectivity index (χ1) is 6.89. The highest BCUT2D eigenvalue weighted by Gasteiger charge is 2.20. The molecule has 0 heterocycles. The molecule has 0 aliphatic heterocycles. The predicted molar refractivity (Wildman–Crippen MR) is 73.7 cm³/mol. The van der Waals surface area contributed by atoms with Gasteiger partial charge in [0.05, 0.1) is 0 Å². The maximum Gasteiger partial charge on any atom is 0.0181 e. The molecular formula is C12H19IN2. The number of hydrogen-bond acceptors (Lipinski definition) is 2. The second-order valence-corrected chi connectivity index (χ2v) is 5.88. The van der Waals surface area contributed by atoms with Crippen molar-refractivity contribution in [2.24, 2.45) is 11.5 Å². The SMILES string of the molecule is C[C@@H](N)CC(C)(N)Cc1ccc(I)cc1. The van der Waals surface area contributed by atoms with Crippen LogP contribution in [0.1, 0.15) is 25.8 Å². The van der Waals surface area contributed by atoms with Gasteiger partial charge in [0.1, 0.15) is 0 Å². The zero-order valence-electron chi connectivity index (χ0n) is 9.33. The first kappa shape index (κ1) is 12.9. The summed E-state index contributed by atoms with van der Waals surface area (Å²) in [6.07, 6.45) is 1.73. The van der Waals surface area contributed by atoms with Gasteiger partial charge in [0.2, 0.25) is 0 Å². The molecule has 0 radical (unpaired) electrons. The number of benzene rings is 1. The summed E-state index contributed by atoms with van der Waals surface area (Å²) in [6.45, 7) is 4.06. The lowest BCUT2D eigenvalue weighted by molar-refractivity contribution is 0.398. The van der Waals surface area contributed by atoms with Gasteiger partial charge >= 0.3 is 0 Å². The summed E-state index contributed by atoms with van der Waals surface area (Å²) in [5.41, 5.74) is 13.1. The van der Waals surface area contributed by atoms with Gasteiger partial charge < -0.3 is 11.5 Å². The van der Waals surface area contributed by atoms with Crippen LogP contribution < -0.4 is 11.5 Å². The van der Waals surface area contributed by atoms with E-state index in [1.54, 1.807) is 0 Å². The van der Waals surface area contributed by atoms with Crippen LogP contribution >= 0.6 is 22.6 Å². The third kappa shape index (κ3) is 4.95. The molecule has 1 unspecified atom stereocenters. The van der Waals surface area contributed by atoms with E-state index in [2.05, 4.69) is 53.8 Å². The van der Waals surface area contributed by atoms with Crippen molar-refractivity contribution in [2.75, 3.05) is 0 Å². The van der Waals surface area contributed by atoms with Crippen LogP contribution in [-0.4, -0.2) is 11.6 Å². The molecule has 15 heavy (non-hydrogen) atoms. The Balaban J connectivity index is 2.64. The molecule has 84 valence electrons. The first-order valence-electron chi connectivity index (χ1n) is 5.18. The van der Waals surface area contributed by atoms with E-state index < -0.39 is 0 Å². The second-order valence-electron chi connectivity index (χ2n) is 4.64. The van der Waals surface area contributed by atoms with Crippen LogP contribution in [0.2, 0.25) is 0 Å². The minimum absolute atomic E-state index is 0.156. The highest BCUT2D eigenvalue weighted by Crippen LogP contribution is 2.16. The molecule has 0 aliphatic rings. The third-order valence-corrected chi connectivity index (χ3v) is 3.03. The van der Waals surface area contributed by atoms with Crippen molar-refractivity contribution in [2.45, 2.75) is 38.3 Å². The molecule has 3 heteroatoms. The fourth-order valence-electron chi connectivity index (χ4n) is 1.88. The molecule has 0 saturated carbocycles. The zero-order chi connectivity index (χ0) is 11.5. The Morgan fingerprint density at radius 3 is 2.33 bits per heavy atom. The Hall–Kier alpha value is -0.130. The molecule has 0 fully saturated rings. The van der Waals surface area contributed by atoms with Gasteiger partial charge in [0, 0.05) is 15.2 Å². The van der Waals surface area contributed by atoms with Crippen molar-refractivity contribution in [3.8, 4) is 0 Å². The third-order valence-electron chi connectivity index (χ3n) is 2.31. The molecule has 2 nitrogen and oxygen atoms in total. The second kappa shape index (κ2) is 5.27. The molecular weight excluding hydrogens is 299 g/mol. The lowest BCUT2D eigenvalue weighted by Crippen LogP contribution is -2.43. The summed E-state index contributed by atoms with van der Waals surface area (Å²) in [7, 11) is 0. The number of nitrogens with two attached hydrogens (primary N) is 2. The monoisotopic (exact) mass is 318 g/mol. The lowest BCUT2D eigenvalue weighted by Gasteiger charge is -2.26. The Labute approximate surface area is 106 Å². The van der Waals surface area contributed by atoms with Gasteiger partial charge in [-0.2, -0.15) is 0 Å². The molecule has 0 saturated heterocycles. The van der Waals surface area contributed by atoms with Crippen molar-refractivity contribution in [1.82, 2.24) is 0 Å². The molecule has 0 bridgehead atoms.